The van der Waals surface area contributed by atoms with E-state index in [9.17, 15) is 4.79 Å². The lowest BCUT2D eigenvalue weighted by molar-refractivity contribution is -0.118. The van der Waals surface area contributed by atoms with Crippen LogP contribution in [0.4, 0.5) is 0 Å². The van der Waals surface area contributed by atoms with Crippen LogP contribution in [0.3, 0.4) is 0 Å². The number of amides is 1. The standard InChI is InChI=1S/C11H19NO2/c1-3-6-11(13)12-9(2)10-7-4-5-8-14-10/h3,6,9-10H,4-5,7-8H2,1-2H3,(H,12,13)/b6-3+. The average molecular weight is 197 g/mol. The maximum absolute atomic E-state index is 11.2. The third kappa shape index (κ3) is 3.50. The molecular weight excluding hydrogens is 178 g/mol. The largest absolute Gasteiger partial charge is 0.376 e. The normalized spacial score (nSPS) is 24.9. The van der Waals surface area contributed by atoms with Crippen molar-refractivity contribution in [2.24, 2.45) is 0 Å². The summed E-state index contributed by atoms with van der Waals surface area (Å²) in [7, 11) is 0. The lowest BCUT2D eigenvalue weighted by Crippen LogP contribution is -2.43. The van der Waals surface area contributed by atoms with E-state index in [1.54, 1.807) is 12.2 Å². The Morgan fingerprint density at radius 2 is 2.36 bits per heavy atom. The van der Waals surface area contributed by atoms with Gasteiger partial charge in [-0.2, -0.15) is 0 Å². The number of nitrogens with one attached hydrogen (secondary N) is 1. The molecule has 1 saturated heterocycles. The van der Waals surface area contributed by atoms with Gasteiger partial charge in [-0.25, -0.2) is 0 Å². The summed E-state index contributed by atoms with van der Waals surface area (Å²) < 4.78 is 5.58. The van der Waals surface area contributed by atoms with E-state index in [-0.39, 0.29) is 18.1 Å². The SMILES string of the molecule is C/C=C/C(=O)NC(C)C1CCCCO1. The van der Waals surface area contributed by atoms with Gasteiger partial charge in [-0.15, -0.1) is 0 Å². The molecule has 0 bridgehead atoms. The fourth-order valence-corrected chi connectivity index (χ4v) is 1.68. The van der Waals surface area contributed by atoms with Crippen LogP contribution in [0.5, 0.6) is 0 Å². The van der Waals surface area contributed by atoms with Gasteiger partial charge in [-0.1, -0.05) is 6.08 Å². The van der Waals surface area contributed by atoms with Gasteiger partial charge in [0, 0.05) is 6.61 Å². The summed E-state index contributed by atoms with van der Waals surface area (Å²) in [5.41, 5.74) is 0. The highest BCUT2D eigenvalue weighted by atomic mass is 16.5. The maximum Gasteiger partial charge on any atom is 0.243 e. The Hall–Kier alpha value is -0.830. The van der Waals surface area contributed by atoms with Crippen LogP contribution in [0.2, 0.25) is 0 Å². The van der Waals surface area contributed by atoms with Crippen molar-refractivity contribution in [2.75, 3.05) is 6.61 Å². The number of hydrogen-bond donors (Lipinski definition) is 1. The second kappa shape index (κ2) is 5.81. The van der Waals surface area contributed by atoms with Gasteiger partial charge in [0.2, 0.25) is 5.91 Å². The molecule has 0 aromatic rings. The van der Waals surface area contributed by atoms with Crippen molar-refractivity contribution in [3.05, 3.63) is 12.2 Å². The van der Waals surface area contributed by atoms with Crippen LogP contribution >= 0.6 is 0 Å². The summed E-state index contributed by atoms with van der Waals surface area (Å²) in [5, 5.41) is 2.90. The summed E-state index contributed by atoms with van der Waals surface area (Å²) >= 11 is 0. The summed E-state index contributed by atoms with van der Waals surface area (Å²) in [6.45, 7) is 4.66. The van der Waals surface area contributed by atoms with E-state index in [2.05, 4.69) is 5.32 Å². The van der Waals surface area contributed by atoms with E-state index in [0.717, 1.165) is 19.4 Å². The van der Waals surface area contributed by atoms with E-state index in [1.807, 2.05) is 13.8 Å². The molecule has 3 nitrogen and oxygen atoms in total. The van der Waals surface area contributed by atoms with E-state index >= 15 is 0 Å². The van der Waals surface area contributed by atoms with Gasteiger partial charge in [-0.3, -0.25) is 4.79 Å². The monoisotopic (exact) mass is 197 g/mol. The quantitative estimate of drug-likeness (QED) is 0.698. The molecule has 0 aliphatic carbocycles. The number of rotatable bonds is 3. The highest BCUT2D eigenvalue weighted by Crippen LogP contribution is 2.15. The predicted octanol–water partition coefficient (Wildman–Crippen LogP) is 1.64. The van der Waals surface area contributed by atoms with Crippen molar-refractivity contribution >= 4 is 5.91 Å². The Labute approximate surface area is 85.5 Å². The summed E-state index contributed by atoms with van der Waals surface area (Å²) in [6, 6.07) is 0.110. The molecule has 0 aromatic heterocycles. The van der Waals surface area contributed by atoms with Gasteiger partial charge in [0.25, 0.3) is 0 Å². The zero-order valence-electron chi connectivity index (χ0n) is 8.95. The van der Waals surface area contributed by atoms with Gasteiger partial charge >= 0.3 is 0 Å². The van der Waals surface area contributed by atoms with Crippen molar-refractivity contribution in [1.82, 2.24) is 5.32 Å². The fourth-order valence-electron chi connectivity index (χ4n) is 1.68. The molecule has 1 aliphatic heterocycles. The first-order chi connectivity index (χ1) is 6.74. The van der Waals surface area contributed by atoms with Crippen LogP contribution in [0.1, 0.15) is 33.1 Å². The minimum Gasteiger partial charge on any atom is -0.376 e. The third-order valence-electron chi connectivity index (χ3n) is 2.46. The molecule has 14 heavy (non-hydrogen) atoms. The highest BCUT2D eigenvalue weighted by molar-refractivity contribution is 5.87. The molecule has 3 heteroatoms. The van der Waals surface area contributed by atoms with Crippen LogP contribution in [0, 0.1) is 0 Å². The number of carbonyl (C=O) groups is 1. The third-order valence-corrected chi connectivity index (χ3v) is 2.46. The lowest BCUT2D eigenvalue weighted by atomic mass is 10.0. The molecule has 1 aliphatic rings. The highest BCUT2D eigenvalue weighted by Gasteiger charge is 2.21. The molecule has 1 fully saturated rings. The van der Waals surface area contributed by atoms with Crippen LogP contribution in [-0.2, 0) is 9.53 Å². The summed E-state index contributed by atoms with van der Waals surface area (Å²) in [4.78, 5) is 11.2. The second-order valence-electron chi connectivity index (χ2n) is 3.70. The Morgan fingerprint density at radius 1 is 1.57 bits per heavy atom. The Balaban J connectivity index is 2.32. The minimum absolute atomic E-state index is 0.0332. The fraction of sp³-hybridized carbons (Fsp3) is 0.727. The molecule has 80 valence electrons. The minimum atomic E-state index is -0.0332. The first kappa shape index (κ1) is 11.2. The molecule has 0 spiro atoms. The number of hydrogen-bond acceptors (Lipinski definition) is 2. The molecule has 1 N–H and O–H groups in total. The van der Waals surface area contributed by atoms with Gasteiger partial charge in [-0.05, 0) is 39.2 Å². The van der Waals surface area contributed by atoms with Gasteiger partial charge in [0.15, 0.2) is 0 Å². The van der Waals surface area contributed by atoms with E-state index in [1.165, 1.54) is 6.42 Å². The lowest BCUT2D eigenvalue weighted by Gasteiger charge is -2.28. The molecule has 0 radical (unpaired) electrons. The van der Waals surface area contributed by atoms with Gasteiger partial charge in [0.05, 0.1) is 12.1 Å². The number of ether oxygens (including phenoxy) is 1. The number of allylic oxidation sites excluding steroid dienone is 1. The number of carbonyl (C=O) groups excluding carboxylic acids is 1. The molecule has 2 atom stereocenters. The van der Waals surface area contributed by atoms with Crippen LogP contribution in [0.25, 0.3) is 0 Å². The van der Waals surface area contributed by atoms with E-state index in [0.29, 0.717) is 0 Å². The van der Waals surface area contributed by atoms with Crippen molar-refractivity contribution in [2.45, 2.75) is 45.3 Å². The van der Waals surface area contributed by atoms with E-state index < -0.39 is 0 Å². The Bertz CT molecular complexity index is 207. The predicted molar refractivity (Wildman–Crippen MR) is 56.0 cm³/mol. The van der Waals surface area contributed by atoms with Crippen molar-refractivity contribution in [3.63, 3.8) is 0 Å². The molecule has 2 unspecified atom stereocenters. The molecular formula is C11H19NO2. The van der Waals surface area contributed by atoms with Crippen LogP contribution in [-0.4, -0.2) is 24.7 Å². The first-order valence-electron chi connectivity index (χ1n) is 5.29. The molecule has 1 rings (SSSR count). The molecule has 1 amide bonds. The second-order valence-corrected chi connectivity index (χ2v) is 3.70. The van der Waals surface area contributed by atoms with Gasteiger partial charge in [0.1, 0.15) is 0 Å². The van der Waals surface area contributed by atoms with E-state index in [4.69, 9.17) is 4.74 Å². The summed E-state index contributed by atoms with van der Waals surface area (Å²) in [5.74, 6) is -0.0332. The van der Waals surface area contributed by atoms with Crippen LogP contribution in [0.15, 0.2) is 12.2 Å². The Morgan fingerprint density at radius 3 is 2.93 bits per heavy atom. The molecule has 0 saturated carbocycles. The van der Waals surface area contributed by atoms with Crippen molar-refractivity contribution < 1.29 is 9.53 Å². The molecule has 0 aromatic carbocycles. The zero-order chi connectivity index (χ0) is 10.4. The Kier molecular flexibility index (Phi) is 4.66. The topological polar surface area (TPSA) is 38.3 Å². The first-order valence-corrected chi connectivity index (χ1v) is 5.29. The average Bonchev–Trinajstić information content (AvgIpc) is 2.19. The maximum atomic E-state index is 11.2. The smallest absolute Gasteiger partial charge is 0.243 e. The van der Waals surface area contributed by atoms with Gasteiger partial charge < -0.3 is 10.1 Å². The summed E-state index contributed by atoms with van der Waals surface area (Å²) in [6.07, 6.45) is 6.87. The zero-order valence-corrected chi connectivity index (χ0v) is 8.95. The van der Waals surface area contributed by atoms with Crippen molar-refractivity contribution in [1.29, 1.82) is 0 Å². The van der Waals surface area contributed by atoms with Crippen molar-refractivity contribution in [3.8, 4) is 0 Å². The molecule has 1 heterocycles. The van der Waals surface area contributed by atoms with Crippen LogP contribution < -0.4 is 5.32 Å².